The van der Waals surface area contributed by atoms with E-state index in [-0.39, 0.29) is 0 Å². The second-order valence-electron chi connectivity index (χ2n) is 10.3. The third kappa shape index (κ3) is 6.38. The number of hydrogen-bond donors (Lipinski definition) is 0. The quantitative estimate of drug-likeness (QED) is 0.117. The van der Waals surface area contributed by atoms with Gasteiger partial charge in [-0.05, 0) is 0 Å². The fourth-order valence-corrected chi connectivity index (χ4v) is 9.81. The van der Waals surface area contributed by atoms with Gasteiger partial charge in [-0.2, -0.15) is 0 Å². The van der Waals surface area contributed by atoms with Gasteiger partial charge < -0.3 is 0 Å². The Balaban J connectivity index is 1.97. The molecule has 0 aliphatic rings. The number of unbranched alkanes of at least 4 members (excludes halogenated alkanes) is 5. The summed E-state index contributed by atoms with van der Waals surface area (Å²) >= 11 is 0. The van der Waals surface area contributed by atoms with Crippen LogP contribution in [-0.4, -0.2) is 6.61 Å². The van der Waals surface area contributed by atoms with Crippen LogP contribution in [-0.2, 0) is 4.52 Å². The van der Waals surface area contributed by atoms with Crippen LogP contribution in [0.2, 0.25) is 0 Å². The van der Waals surface area contributed by atoms with Gasteiger partial charge in [-0.3, -0.25) is 0 Å². The van der Waals surface area contributed by atoms with Crippen LogP contribution in [0.5, 0.6) is 11.5 Å². The first-order valence-electron chi connectivity index (χ1n) is 14.3. The average molecular weight is 543 g/mol. The Labute approximate surface area is 235 Å². The van der Waals surface area contributed by atoms with Gasteiger partial charge in [0.15, 0.2) is 0 Å². The Morgan fingerprint density at radius 3 is 1.62 bits per heavy atom. The van der Waals surface area contributed by atoms with Gasteiger partial charge in [0.05, 0.1) is 0 Å². The normalized spacial score (nSPS) is 12.5. The van der Waals surface area contributed by atoms with Crippen LogP contribution in [0, 0.1) is 20.8 Å². The van der Waals surface area contributed by atoms with Crippen molar-refractivity contribution in [3.05, 3.63) is 120 Å². The molecule has 0 amide bonds. The van der Waals surface area contributed by atoms with Crippen molar-refractivity contribution in [3.8, 4) is 11.5 Å². The van der Waals surface area contributed by atoms with Crippen molar-refractivity contribution in [2.75, 3.05) is 6.61 Å². The van der Waals surface area contributed by atoms with E-state index in [0.717, 1.165) is 51.6 Å². The number of hydrogen-bond acceptors (Lipinski definition) is 3. The Hall–Kier alpha value is -3.13. The average Bonchev–Trinajstić information content (AvgIpc) is 2.95. The summed E-state index contributed by atoms with van der Waals surface area (Å²) in [6.45, 7) is 9.11. The second kappa shape index (κ2) is 13.3. The van der Waals surface area contributed by atoms with Crippen LogP contribution in [0.15, 0.2) is 103 Å². The summed E-state index contributed by atoms with van der Waals surface area (Å²) in [5.74, 6) is 1.48. The first kappa shape index (κ1) is 28.9. The van der Waals surface area contributed by atoms with E-state index in [0.29, 0.717) is 6.61 Å². The molecule has 0 atom stereocenters. The predicted octanol–water partition coefficient (Wildman–Crippen LogP) is 9.40. The molecule has 0 heterocycles. The van der Waals surface area contributed by atoms with E-state index in [9.17, 15) is 0 Å². The van der Waals surface area contributed by atoms with Gasteiger partial charge in [0.25, 0.3) is 0 Å². The summed E-state index contributed by atoms with van der Waals surface area (Å²) in [4.78, 5) is 0. The van der Waals surface area contributed by atoms with E-state index < -0.39 is 7.28 Å². The summed E-state index contributed by atoms with van der Waals surface area (Å²) in [5, 5.41) is 1.91. The molecule has 0 aliphatic carbocycles. The molecule has 0 saturated carbocycles. The van der Waals surface area contributed by atoms with Crippen molar-refractivity contribution in [3.63, 3.8) is 0 Å². The monoisotopic (exact) mass is 542 g/mol. The Kier molecular flexibility index (Phi) is 9.83. The molecule has 0 saturated heterocycles. The minimum absolute atomic E-state index is 0.533. The second-order valence-corrected chi connectivity index (χ2v) is 13.7. The van der Waals surface area contributed by atoms with E-state index in [1.54, 1.807) is 0 Å². The Morgan fingerprint density at radius 2 is 1.03 bits per heavy atom. The fourth-order valence-electron chi connectivity index (χ4n) is 5.15. The summed E-state index contributed by atoms with van der Waals surface area (Å²) in [7, 11) is -4.31. The van der Waals surface area contributed by atoms with Crippen molar-refractivity contribution >= 4 is 17.9 Å². The molecule has 0 aliphatic heterocycles. The molecule has 0 N–H and O–H groups in total. The van der Waals surface area contributed by atoms with Crippen molar-refractivity contribution in [2.24, 2.45) is 0 Å². The van der Waals surface area contributed by atoms with Crippen LogP contribution in [0.3, 0.4) is 0 Å². The van der Waals surface area contributed by atoms with Crippen molar-refractivity contribution in [1.29, 1.82) is 0 Å². The van der Waals surface area contributed by atoms with Crippen molar-refractivity contribution < 1.29 is 13.6 Å². The number of benzene rings is 4. The molecule has 206 valence electrons. The summed E-state index contributed by atoms with van der Waals surface area (Å²) < 4.78 is 22.0. The SMILES string of the molecule is CCCCCCCCOP(Oc1ccccc1)(Oc1ccccc1C)(c1ccccc1C)c1ccccc1C. The van der Waals surface area contributed by atoms with Crippen LogP contribution in [0.25, 0.3) is 0 Å². The van der Waals surface area contributed by atoms with E-state index in [2.05, 4.69) is 82.3 Å². The molecule has 39 heavy (non-hydrogen) atoms. The topological polar surface area (TPSA) is 27.7 Å². The third-order valence-electron chi connectivity index (χ3n) is 7.26. The predicted molar refractivity (Wildman–Crippen MR) is 167 cm³/mol. The number of rotatable bonds is 14. The summed E-state index contributed by atoms with van der Waals surface area (Å²) in [6, 6.07) is 34.9. The molecule has 0 bridgehead atoms. The Bertz CT molecular complexity index is 1290. The molecule has 4 heteroatoms. The van der Waals surface area contributed by atoms with Gasteiger partial charge in [0.2, 0.25) is 0 Å². The molecular formula is C35H43O3P. The van der Waals surface area contributed by atoms with Gasteiger partial charge in [-0.25, -0.2) is 0 Å². The number of aryl methyl sites for hydroxylation is 3. The van der Waals surface area contributed by atoms with Crippen LogP contribution >= 0.6 is 7.28 Å². The molecular weight excluding hydrogens is 499 g/mol. The van der Waals surface area contributed by atoms with Crippen LogP contribution in [0.4, 0.5) is 0 Å². The molecule has 0 spiro atoms. The Morgan fingerprint density at radius 1 is 0.513 bits per heavy atom. The van der Waals surface area contributed by atoms with Crippen molar-refractivity contribution in [2.45, 2.75) is 66.2 Å². The zero-order valence-corrected chi connectivity index (χ0v) is 24.8. The molecule has 0 aromatic heterocycles. The number of para-hydroxylation sites is 2. The maximum absolute atomic E-state index is 7.39. The molecule has 0 fully saturated rings. The molecule has 3 nitrogen and oxygen atoms in total. The molecule has 4 aromatic carbocycles. The fraction of sp³-hybridized carbons (Fsp3) is 0.314. The van der Waals surface area contributed by atoms with E-state index >= 15 is 0 Å². The van der Waals surface area contributed by atoms with E-state index in [1.807, 2.05) is 48.5 Å². The van der Waals surface area contributed by atoms with Crippen molar-refractivity contribution in [1.82, 2.24) is 0 Å². The van der Waals surface area contributed by atoms with Gasteiger partial charge in [0, 0.05) is 0 Å². The molecule has 0 unspecified atom stereocenters. The van der Waals surface area contributed by atoms with Crippen LogP contribution < -0.4 is 19.7 Å². The van der Waals surface area contributed by atoms with Gasteiger partial charge >= 0.3 is 236 Å². The summed E-state index contributed by atoms with van der Waals surface area (Å²) in [5.41, 5.74) is 3.19. The molecule has 4 rings (SSSR count). The van der Waals surface area contributed by atoms with Gasteiger partial charge in [-0.15, -0.1) is 0 Å². The zero-order chi connectivity index (χ0) is 27.6. The standard InChI is InChI=1S/C35H43O3P/c1-5-6-7-8-9-19-28-36-39(34-26-17-14-21-30(34)3,35-27-18-15-22-31(35)4,37-32-23-11-10-12-24-32)38-33-25-16-13-20-29(33)2/h10-18,20-27H,5-9,19,28H2,1-4H3. The first-order valence-corrected chi connectivity index (χ1v) is 16.3. The van der Waals surface area contributed by atoms with E-state index in [4.69, 9.17) is 13.6 Å². The van der Waals surface area contributed by atoms with Gasteiger partial charge in [-0.1, -0.05) is 0 Å². The zero-order valence-electron chi connectivity index (χ0n) is 23.9. The van der Waals surface area contributed by atoms with E-state index in [1.165, 1.54) is 25.7 Å². The summed E-state index contributed by atoms with van der Waals surface area (Å²) in [6.07, 6.45) is 7.04. The van der Waals surface area contributed by atoms with Gasteiger partial charge in [0.1, 0.15) is 0 Å². The molecule has 4 aromatic rings. The molecule has 0 radical (unpaired) electrons. The third-order valence-corrected chi connectivity index (χ3v) is 11.6. The minimum atomic E-state index is -4.31. The first-order chi connectivity index (χ1) is 19.0. The van der Waals surface area contributed by atoms with Crippen LogP contribution in [0.1, 0.15) is 62.1 Å². The maximum atomic E-state index is 7.39.